The number of β-amino-alcohol motifs (C(OH)–C–C–N with tert-alkyl or cyclic N) is 1. The molecule has 29 heavy (non-hydrogen) atoms. The van der Waals surface area contributed by atoms with Crippen molar-refractivity contribution in [3.05, 3.63) is 64.8 Å². The molecule has 3 aromatic rings. The number of nitrogens with zero attached hydrogens (tertiary/aromatic N) is 2. The fourth-order valence-corrected chi connectivity index (χ4v) is 5.24. The summed E-state index contributed by atoms with van der Waals surface area (Å²) in [7, 11) is 0. The van der Waals surface area contributed by atoms with E-state index in [0.29, 0.717) is 19.2 Å². The second-order valence-electron chi connectivity index (χ2n) is 8.67. The highest BCUT2D eigenvalue weighted by Crippen LogP contribution is 2.42. The SMILES string of the molecule is Cc1ccc2c(c1)c1c3n2CCN(C[C@@H](O)COc2ccccc2C)[C@@H]3CCC1. The molecule has 1 N–H and O–H groups in total. The van der Waals surface area contributed by atoms with E-state index in [9.17, 15) is 5.11 Å². The molecule has 2 aliphatic rings. The number of para-hydroxylation sites is 1. The van der Waals surface area contributed by atoms with Crippen LogP contribution in [0.4, 0.5) is 0 Å². The third kappa shape index (κ3) is 3.34. The van der Waals surface area contributed by atoms with Gasteiger partial charge in [-0.3, -0.25) is 4.90 Å². The van der Waals surface area contributed by atoms with Gasteiger partial charge < -0.3 is 14.4 Å². The van der Waals surface area contributed by atoms with Crippen LogP contribution >= 0.6 is 0 Å². The molecule has 4 heteroatoms. The largest absolute Gasteiger partial charge is 0.491 e. The third-order valence-corrected chi connectivity index (χ3v) is 6.61. The van der Waals surface area contributed by atoms with Gasteiger partial charge in [-0.05, 0) is 62.4 Å². The average molecular weight is 391 g/mol. The number of aryl methyl sites for hydroxylation is 3. The van der Waals surface area contributed by atoms with Crippen molar-refractivity contribution in [2.24, 2.45) is 0 Å². The van der Waals surface area contributed by atoms with Crippen LogP contribution in [0.1, 0.15) is 41.3 Å². The van der Waals surface area contributed by atoms with E-state index >= 15 is 0 Å². The Bertz CT molecular complexity index is 1040. The molecule has 1 aliphatic heterocycles. The molecule has 2 aromatic carbocycles. The fourth-order valence-electron chi connectivity index (χ4n) is 5.24. The van der Waals surface area contributed by atoms with E-state index in [-0.39, 0.29) is 0 Å². The van der Waals surface area contributed by atoms with E-state index in [0.717, 1.165) is 24.4 Å². The number of rotatable bonds is 5. The Balaban J connectivity index is 1.35. The molecular weight excluding hydrogens is 360 g/mol. The maximum atomic E-state index is 10.7. The predicted octanol–water partition coefficient (Wildman–Crippen LogP) is 4.39. The second kappa shape index (κ2) is 7.51. The summed E-state index contributed by atoms with van der Waals surface area (Å²) >= 11 is 0. The highest BCUT2D eigenvalue weighted by Gasteiger charge is 2.35. The van der Waals surface area contributed by atoms with Gasteiger partial charge in [0.2, 0.25) is 0 Å². The first-order valence-electron chi connectivity index (χ1n) is 10.8. The molecule has 0 saturated heterocycles. The van der Waals surface area contributed by atoms with E-state index in [1.807, 2.05) is 31.2 Å². The standard InChI is InChI=1S/C25H30N2O2/c1-17-10-11-22-21(14-17)20-7-5-8-23-25(20)27(22)13-12-26(23)15-19(28)16-29-24-9-4-3-6-18(24)2/h3-4,6,9-11,14,19,23,28H,5,7-8,12-13,15-16H2,1-2H3/t19-,23-/m1/s1. The van der Waals surface area contributed by atoms with Crippen LogP contribution in [0.15, 0.2) is 42.5 Å². The lowest BCUT2D eigenvalue weighted by molar-refractivity contribution is 0.0373. The highest BCUT2D eigenvalue weighted by molar-refractivity contribution is 5.87. The average Bonchev–Trinajstić information content (AvgIpc) is 3.04. The van der Waals surface area contributed by atoms with Crippen LogP contribution in [0.2, 0.25) is 0 Å². The van der Waals surface area contributed by atoms with Gasteiger partial charge in [0.25, 0.3) is 0 Å². The van der Waals surface area contributed by atoms with E-state index in [4.69, 9.17) is 4.74 Å². The second-order valence-corrected chi connectivity index (χ2v) is 8.67. The summed E-state index contributed by atoms with van der Waals surface area (Å²) in [5.74, 6) is 0.862. The molecule has 0 bridgehead atoms. The van der Waals surface area contributed by atoms with Gasteiger partial charge in [-0.2, -0.15) is 0 Å². The molecule has 0 saturated carbocycles. The number of aromatic nitrogens is 1. The van der Waals surface area contributed by atoms with Gasteiger partial charge in [-0.15, -0.1) is 0 Å². The Morgan fingerprint density at radius 3 is 2.86 bits per heavy atom. The van der Waals surface area contributed by atoms with Crippen molar-refractivity contribution in [1.29, 1.82) is 0 Å². The summed E-state index contributed by atoms with van der Waals surface area (Å²) < 4.78 is 8.44. The number of aliphatic hydroxyl groups excluding tert-OH is 1. The quantitative estimate of drug-likeness (QED) is 0.702. The molecule has 0 fully saturated rings. The molecule has 1 aliphatic carbocycles. The van der Waals surface area contributed by atoms with Crippen LogP contribution in [0.5, 0.6) is 5.75 Å². The summed E-state index contributed by atoms with van der Waals surface area (Å²) in [4.78, 5) is 2.48. The first kappa shape index (κ1) is 18.7. The Morgan fingerprint density at radius 1 is 1.14 bits per heavy atom. The molecule has 0 radical (unpaired) electrons. The van der Waals surface area contributed by atoms with Crippen molar-refractivity contribution < 1.29 is 9.84 Å². The predicted molar refractivity (Wildman–Crippen MR) is 117 cm³/mol. The maximum Gasteiger partial charge on any atom is 0.122 e. The van der Waals surface area contributed by atoms with Gasteiger partial charge in [0, 0.05) is 36.2 Å². The zero-order chi connectivity index (χ0) is 20.0. The van der Waals surface area contributed by atoms with Gasteiger partial charge >= 0.3 is 0 Å². The highest BCUT2D eigenvalue weighted by atomic mass is 16.5. The zero-order valence-corrected chi connectivity index (χ0v) is 17.4. The minimum atomic E-state index is -0.488. The minimum absolute atomic E-state index is 0.336. The summed E-state index contributed by atoms with van der Waals surface area (Å²) in [6, 6.07) is 15.3. The van der Waals surface area contributed by atoms with Crippen molar-refractivity contribution in [1.82, 2.24) is 9.47 Å². The van der Waals surface area contributed by atoms with Crippen LogP contribution in [0.25, 0.3) is 10.9 Å². The molecule has 2 heterocycles. The maximum absolute atomic E-state index is 10.7. The van der Waals surface area contributed by atoms with Crippen molar-refractivity contribution in [2.45, 2.75) is 51.8 Å². The Hall–Kier alpha value is -2.30. The number of ether oxygens (including phenoxy) is 1. The van der Waals surface area contributed by atoms with E-state index < -0.39 is 6.10 Å². The lowest BCUT2D eigenvalue weighted by atomic mass is 9.89. The molecular formula is C25H30N2O2. The van der Waals surface area contributed by atoms with Gasteiger partial charge in [0.05, 0.1) is 6.04 Å². The van der Waals surface area contributed by atoms with E-state index in [1.165, 1.54) is 47.0 Å². The summed E-state index contributed by atoms with van der Waals surface area (Å²) in [5, 5.41) is 12.1. The number of benzene rings is 2. The number of aliphatic hydroxyl groups is 1. The van der Waals surface area contributed by atoms with Crippen molar-refractivity contribution in [3.63, 3.8) is 0 Å². The molecule has 152 valence electrons. The summed E-state index contributed by atoms with van der Waals surface area (Å²) in [6.45, 7) is 7.20. The van der Waals surface area contributed by atoms with E-state index in [2.05, 4.69) is 34.6 Å². The first-order valence-corrected chi connectivity index (χ1v) is 10.8. The lowest BCUT2D eigenvalue weighted by Gasteiger charge is -2.40. The molecule has 0 amide bonds. The number of hydrogen-bond donors (Lipinski definition) is 1. The summed E-state index contributed by atoms with van der Waals surface area (Å²) in [6.07, 6.45) is 3.08. The molecule has 1 aromatic heterocycles. The smallest absolute Gasteiger partial charge is 0.122 e. The van der Waals surface area contributed by atoms with Gasteiger partial charge in [0.1, 0.15) is 18.5 Å². The van der Waals surface area contributed by atoms with Crippen molar-refractivity contribution in [3.8, 4) is 5.75 Å². The first-order chi connectivity index (χ1) is 14.1. The molecule has 5 rings (SSSR count). The van der Waals surface area contributed by atoms with Gasteiger partial charge in [-0.1, -0.05) is 29.8 Å². The van der Waals surface area contributed by atoms with Crippen LogP contribution in [-0.2, 0) is 13.0 Å². The van der Waals surface area contributed by atoms with Crippen LogP contribution in [-0.4, -0.2) is 40.4 Å². The molecule has 2 atom stereocenters. The molecule has 0 spiro atoms. The molecule has 4 nitrogen and oxygen atoms in total. The number of fused-ring (bicyclic) bond motifs is 3. The Morgan fingerprint density at radius 2 is 2.00 bits per heavy atom. The van der Waals surface area contributed by atoms with Crippen LogP contribution < -0.4 is 4.74 Å². The topological polar surface area (TPSA) is 37.6 Å². The third-order valence-electron chi connectivity index (χ3n) is 6.61. The van der Waals surface area contributed by atoms with Crippen LogP contribution in [0, 0.1) is 13.8 Å². The van der Waals surface area contributed by atoms with Gasteiger partial charge in [-0.25, -0.2) is 0 Å². The van der Waals surface area contributed by atoms with E-state index in [1.54, 1.807) is 0 Å². The minimum Gasteiger partial charge on any atom is -0.491 e. The van der Waals surface area contributed by atoms with Crippen molar-refractivity contribution in [2.75, 3.05) is 19.7 Å². The normalized spacial score (nSPS) is 19.9. The monoisotopic (exact) mass is 390 g/mol. The van der Waals surface area contributed by atoms with Crippen molar-refractivity contribution >= 4 is 10.9 Å². The fraction of sp³-hybridized carbons (Fsp3) is 0.440. The summed E-state index contributed by atoms with van der Waals surface area (Å²) in [5.41, 5.74) is 6.86. The number of hydrogen-bond acceptors (Lipinski definition) is 3. The Kier molecular flexibility index (Phi) is 4.84. The zero-order valence-electron chi connectivity index (χ0n) is 17.4. The van der Waals surface area contributed by atoms with Gasteiger partial charge in [0.15, 0.2) is 0 Å². The lowest BCUT2D eigenvalue weighted by Crippen LogP contribution is -2.44. The van der Waals surface area contributed by atoms with Crippen LogP contribution in [0.3, 0.4) is 0 Å². The molecule has 0 unspecified atom stereocenters. The Labute approximate surface area is 172 Å².